The largest absolute Gasteiger partial charge is 0.493 e. The Labute approximate surface area is 98.4 Å². The number of rotatable bonds is 7. The highest BCUT2D eigenvalue weighted by atomic mass is 16.5. The van der Waals surface area contributed by atoms with Crippen molar-refractivity contribution < 1.29 is 4.74 Å². The quantitative estimate of drug-likeness (QED) is 0.715. The van der Waals surface area contributed by atoms with Gasteiger partial charge in [-0.25, -0.2) is 0 Å². The zero-order valence-electron chi connectivity index (χ0n) is 10.5. The molecule has 0 aliphatic carbocycles. The summed E-state index contributed by atoms with van der Waals surface area (Å²) in [6.45, 7) is 4.92. The van der Waals surface area contributed by atoms with Gasteiger partial charge in [0, 0.05) is 25.8 Å². The van der Waals surface area contributed by atoms with E-state index in [9.17, 15) is 0 Å². The van der Waals surface area contributed by atoms with Crippen molar-refractivity contribution in [3.63, 3.8) is 0 Å². The predicted molar refractivity (Wildman–Crippen MR) is 69.4 cm³/mol. The normalized spacial score (nSPS) is 10.2. The van der Waals surface area contributed by atoms with Crippen molar-refractivity contribution in [3.8, 4) is 5.75 Å². The van der Waals surface area contributed by atoms with E-state index in [1.165, 1.54) is 5.69 Å². The average molecular weight is 222 g/mol. The lowest BCUT2D eigenvalue weighted by Gasteiger charge is -2.14. The SMILES string of the molecule is CCNCCCOc1cccc(N(C)C)c1. The molecule has 90 valence electrons. The van der Waals surface area contributed by atoms with Crippen LogP contribution in [0.1, 0.15) is 13.3 Å². The molecule has 16 heavy (non-hydrogen) atoms. The molecule has 0 radical (unpaired) electrons. The van der Waals surface area contributed by atoms with Gasteiger partial charge < -0.3 is 15.0 Å². The van der Waals surface area contributed by atoms with Crippen LogP contribution in [0.3, 0.4) is 0 Å². The highest BCUT2D eigenvalue weighted by Gasteiger charge is 1.98. The molecule has 1 N–H and O–H groups in total. The third kappa shape index (κ3) is 4.53. The van der Waals surface area contributed by atoms with Crippen molar-refractivity contribution in [1.82, 2.24) is 5.32 Å². The second-order valence-corrected chi connectivity index (χ2v) is 3.95. The van der Waals surface area contributed by atoms with Crippen molar-refractivity contribution in [2.75, 3.05) is 38.7 Å². The first-order chi connectivity index (χ1) is 7.74. The number of benzene rings is 1. The summed E-state index contributed by atoms with van der Waals surface area (Å²) in [4.78, 5) is 2.07. The van der Waals surface area contributed by atoms with Gasteiger partial charge in [0.25, 0.3) is 0 Å². The van der Waals surface area contributed by atoms with Crippen molar-refractivity contribution in [2.45, 2.75) is 13.3 Å². The van der Waals surface area contributed by atoms with E-state index in [1.807, 2.05) is 26.2 Å². The standard InChI is InChI=1S/C13H22N2O/c1-4-14-9-6-10-16-13-8-5-7-12(11-13)15(2)3/h5,7-8,11,14H,4,6,9-10H2,1-3H3. The first kappa shape index (κ1) is 12.8. The summed E-state index contributed by atoms with van der Waals surface area (Å²) in [6, 6.07) is 8.16. The minimum atomic E-state index is 0.768. The van der Waals surface area contributed by atoms with Gasteiger partial charge >= 0.3 is 0 Å². The number of anilines is 1. The van der Waals surface area contributed by atoms with Crippen LogP contribution in [0.25, 0.3) is 0 Å². The van der Waals surface area contributed by atoms with Crippen LogP contribution in [0.15, 0.2) is 24.3 Å². The van der Waals surface area contributed by atoms with Crippen LogP contribution in [0.2, 0.25) is 0 Å². The summed E-state index contributed by atoms with van der Waals surface area (Å²) >= 11 is 0. The molecule has 1 aromatic rings. The van der Waals surface area contributed by atoms with E-state index in [4.69, 9.17) is 4.74 Å². The van der Waals surface area contributed by atoms with Gasteiger partial charge in [0.05, 0.1) is 6.61 Å². The Balaban J connectivity index is 2.33. The molecule has 1 rings (SSSR count). The molecule has 0 saturated carbocycles. The molecule has 3 nitrogen and oxygen atoms in total. The van der Waals surface area contributed by atoms with E-state index >= 15 is 0 Å². The maximum atomic E-state index is 5.68. The highest BCUT2D eigenvalue weighted by Crippen LogP contribution is 2.19. The molecule has 0 aromatic heterocycles. The van der Waals surface area contributed by atoms with Crippen LogP contribution in [-0.4, -0.2) is 33.8 Å². The van der Waals surface area contributed by atoms with Crippen LogP contribution in [0.4, 0.5) is 5.69 Å². The zero-order chi connectivity index (χ0) is 11.8. The Kier molecular flexibility index (Phi) is 5.72. The molecule has 1 aromatic carbocycles. The first-order valence-electron chi connectivity index (χ1n) is 5.85. The molecule has 0 aliphatic heterocycles. The second kappa shape index (κ2) is 7.12. The number of ether oxygens (including phenoxy) is 1. The fourth-order valence-electron chi connectivity index (χ4n) is 1.42. The lowest BCUT2D eigenvalue weighted by Crippen LogP contribution is -2.16. The fraction of sp³-hybridized carbons (Fsp3) is 0.538. The predicted octanol–water partition coefficient (Wildman–Crippen LogP) is 2.13. The summed E-state index contributed by atoms with van der Waals surface area (Å²) in [7, 11) is 4.06. The first-order valence-corrected chi connectivity index (χ1v) is 5.85. The van der Waals surface area contributed by atoms with E-state index < -0.39 is 0 Å². The molecule has 0 aliphatic rings. The zero-order valence-corrected chi connectivity index (χ0v) is 10.5. The number of nitrogens with zero attached hydrogens (tertiary/aromatic N) is 1. The lowest BCUT2D eigenvalue weighted by atomic mass is 10.3. The molecule has 0 heterocycles. The smallest absolute Gasteiger partial charge is 0.121 e. The topological polar surface area (TPSA) is 24.5 Å². The van der Waals surface area contributed by atoms with Gasteiger partial charge in [-0.1, -0.05) is 13.0 Å². The average Bonchev–Trinajstić information content (AvgIpc) is 2.29. The van der Waals surface area contributed by atoms with E-state index in [-0.39, 0.29) is 0 Å². The van der Waals surface area contributed by atoms with E-state index in [1.54, 1.807) is 0 Å². The number of hydrogen-bond acceptors (Lipinski definition) is 3. The molecule has 0 amide bonds. The van der Waals surface area contributed by atoms with E-state index in [2.05, 4.69) is 29.3 Å². The van der Waals surface area contributed by atoms with Crippen molar-refractivity contribution in [3.05, 3.63) is 24.3 Å². The molecule has 0 fully saturated rings. The van der Waals surface area contributed by atoms with Crippen LogP contribution in [-0.2, 0) is 0 Å². The van der Waals surface area contributed by atoms with E-state index in [0.29, 0.717) is 0 Å². The molecule has 3 heteroatoms. The second-order valence-electron chi connectivity index (χ2n) is 3.95. The maximum Gasteiger partial charge on any atom is 0.121 e. The molecule has 0 spiro atoms. The van der Waals surface area contributed by atoms with Gasteiger partial charge in [-0.3, -0.25) is 0 Å². The molecule has 0 unspecified atom stereocenters. The monoisotopic (exact) mass is 222 g/mol. The molecule has 0 saturated heterocycles. The Bertz CT molecular complexity index is 300. The van der Waals surface area contributed by atoms with Gasteiger partial charge in [-0.15, -0.1) is 0 Å². The molecule has 0 bridgehead atoms. The van der Waals surface area contributed by atoms with Gasteiger partial charge in [-0.05, 0) is 31.6 Å². The molecular weight excluding hydrogens is 200 g/mol. The summed E-state index contributed by atoms with van der Waals surface area (Å²) in [6.07, 6.45) is 1.04. The van der Waals surface area contributed by atoms with Gasteiger partial charge in [0.15, 0.2) is 0 Å². The third-order valence-electron chi connectivity index (χ3n) is 2.35. The van der Waals surface area contributed by atoms with Crippen LogP contribution >= 0.6 is 0 Å². The number of hydrogen-bond donors (Lipinski definition) is 1. The van der Waals surface area contributed by atoms with Gasteiger partial charge in [0.1, 0.15) is 5.75 Å². The third-order valence-corrected chi connectivity index (χ3v) is 2.35. The Morgan fingerprint density at radius 1 is 1.31 bits per heavy atom. The van der Waals surface area contributed by atoms with Crippen LogP contribution in [0.5, 0.6) is 5.75 Å². The highest BCUT2D eigenvalue weighted by molar-refractivity contribution is 5.49. The van der Waals surface area contributed by atoms with E-state index in [0.717, 1.165) is 31.9 Å². The van der Waals surface area contributed by atoms with Gasteiger partial charge in [0.2, 0.25) is 0 Å². The molecular formula is C13H22N2O. The Morgan fingerprint density at radius 2 is 2.12 bits per heavy atom. The molecule has 0 atom stereocenters. The minimum absolute atomic E-state index is 0.768. The Hall–Kier alpha value is -1.22. The van der Waals surface area contributed by atoms with Crippen LogP contribution < -0.4 is 15.0 Å². The summed E-state index contributed by atoms with van der Waals surface area (Å²) in [5.74, 6) is 0.947. The van der Waals surface area contributed by atoms with Gasteiger partial charge in [-0.2, -0.15) is 0 Å². The fourth-order valence-corrected chi connectivity index (χ4v) is 1.42. The number of nitrogens with one attached hydrogen (secondary N) is 1. The summed E-state index contributed by atoms with van der Waals surface area (Å²) < 4.78 is 5.68. The minimum Gasteiger partial charge on any atom is -0.493 e. The van der Waals surface area contributed by atoms with Crippen LogP contribution in [0, 0.1) is 0 Å². The lowest BCUT2D eigenvalue weighted by molar-refractivity contribution is 0.309. The Morgan fingerprint density at radius 3 is 2.81 bits per heavy atom. The summed E-state index contributed by atoms with van der Waals surface area (Å²) in [5.41, 5.74) is 1.17. The summed E-state index contributed by atoms with van der Waals surface area (Å²) in [5, 5.41) is 3.28. The van der Waals surface area contributed by atoms with Crippen molar-refractivity contribution in [2.24, 2.45) is 0 Å². The maximum absolute atomic E-state index is 5.68. The van der Waals surface area contributed by atoms with Crippen molar-refractivity contribution >= 4 is 5.69 Å². The van der Waals surface area contributed by atoms with Crippen molar-refractivity contribution in [1.29, 1.82) is 0 Å².